The average molecular weight is 290 g/mol. The molecule has 0 N–H and O–H groups in total. The normalized spacial score (nSPS) is 16.5. The van der Waals surface area contributed by atoms with Crippen LogP contribution < -0.4 is 9.64 Å². The molecule has 0 amide bonds. The van der Waals surface area contributed by atoms with E-state index in [1.807, 2.05) is 0 Å². The third-order valence-corrected chi connectivity index (χ3v) is 4.37. The summed E-state index contributed by atoms with van der Waals surface area (Å²) in [6.07, 6.45) is 2.68. The van der Waals surface area contributed by atoms with Crippen LogP contribution in [0.15, 0.2) is 18.2 Å². The number of nitrogens with zero attached hydrogens (tertiary/aromatic N) is 2. The molecule has 118 valence electrons. The zero-order valence-electron chi connectivity index (χ0n) is 14.1. The van der Waals surface area contributed by atoms with Crippen molar-refractivity contribution >= 4 is 5.69 Å². The molecular formula is C18H30N2O. The molecule has 1 aliphatic rings. The minimum absolute atomic E-state index is 0.827. The average Bonchev–Trinajstić information content (AvgIpc) is 2.47. The molecule has 0 bridgehead atoms. The second-order valence-corrected chi connectivity index (χ2v) is 6.52. The second kappa shape index (κ2) is 7.69. The molecule has 2 rings (SSSR count). The summed E-state index contributed by atoms with van der Waals surface area (Å²) in [5.74, 6) is 1.77. The van der Waals surface area contributed by atoms with Crippen LogP contribution >= 0.6 is 0 Å². The SMILES string of the molecule is COc1ccc(N2CCN(CCCC(C)C)CC2)c(C)c1. The van der Waals surface area contributed by atoms with Gasteiger partial charge in [-0.25, -0.2) is 0 Å². The Labute approximate surface area is 129 Å². The van der Waals surface area contributed by atoms with Crippen LogP contribution in [0.4, 0.5) is 5.69 Å². The van der Waals surface area contributed by atoms with E-state index < -0.39 is 0 Å². The standard InChI is InChI=1S/C18H30N2O/c1-15(2)6-5-9-19-10-12-20(13-11-19)18-8-7-17(21-4)14-16(18)3/h7-8,14-15H,5-6,9-13H2,1-4H3. The number of rotatable bonds is 6. The molecule has 0 saturated carbocycles. The third-order valence-electron chi connectivity index (χ3n) is 4.37. The molecule has 3 nitrogen and oxygen atoms in total. The van der Waals surface area contributed by atoms with Gasteiger partial charge in [0.15, 0.2) is 0 Å². The Balaban J connectivity index is 1.83. The van der Waals surface area contributed by atoms with Gasteiger partial charge in [-0.1, -0.05) is 13.8 Å². The number of hydrogen-bond acceptors (Lipinski definition) is 3. The summed E-state index contributed by atoms with van der Waals surface area (Å²) in [4.78, 5) is 5.12. The van der Waals surface area contributed by atoms with Crippen molar-refractivity contribution in [1.29, 1.82) is 0 Å². The third kappa shape index (κ3) is 4.63. The quantitative estimate of drug-likeness (QED) is 0.796. The zero-order valence-corrected chi connectivity index (χ0v) is 14.1. The molecule has 0 aromatic heterocycles. The van der Waals surface area contributed by atoms with Crippen molar-refractivity contribution in [3.8, 4) is 5.75 Å². The van der Waals surface area contributed by atoms with Gasteiger partial charge < -0.3 is 9.64 Å². The molecule has 0 unspecified atom stereocenters. The lowest BCUT2D eigenvalue weighted by molar-refractivity contribution is 0.248. The number of piperazine rings is 1. The first-order valence-corrected chi connectivity index (χ1v) is 8.22. The van der Waals surface area contributed by atoms with E-state index in [4.69, 9.17) is 4.74 Å². The first-order valence-electron chi connectivity index (χ1n) is 8.22. The lowest BCUT2D eigenvalue weighted by atomic mass is 10.1. The minimum Gasteiger partial charge on any atom is -0.497 e. The summed E-state index contributed by atoms with van der Waals surface area (Å²) >= 11 is 0. The highest BCUT2D eigenvalue weighted by molar-refractivity contribution is 5.56. The fourth-order valence-electron chi connectivity index (χ4n) is 3.05. The van der Waals surface area contributed by atoms with Crippen LogP contribution in [0.3, 0.4) is 0 Å². The van der Waals surface area contributed by atoms with Crippen LogP contribution in [-0.2, 0) is 0 Å². The predicted molar refractivity (Wildman–Crippen MR) is 90.5 cm³/mol. The van der Waals surface area contributed by atoms with Gasteiger partial charge in [-0.15, -0.1) is 0 Å². The second-order valence-electron chi connectivity index (χ2n) is 6.52. The highest BCUT2D eigenvalue weighted by Crippen LogP contribution is 2.25. The van der Waals surface area contributed by atoms with E-state index >= 15 is 0 Å². The van der Waals surface area contributed by atoms with Gasteiger partial charge >= 0.3 is 0 Å². The van der Waals surface area contributed by atoms with E-state index in [0.717, 1.165) is 24.8 Å². The molecule has 1 saturated heterocycles. The molecule has 0 atom stereocenters. The number of aryl methyl sites for hydroxylation is 1. The van der Waals surface area contributed by atoms with Crippen LogP contribution in [0.1, 0.15) is 32.3 Å². The van der Waals surface area contributed by atoms with E-state index in [-0.39, 0.29) is 0 Å². The number of benzene rings is 1. The number of hydrogen-bond donors (Lipinski definition) is 0. The van der Waals surface area contributed by atoms with Gasteiger partial charge in [0.25, 0.3) is 0 Å². The molecule has 0 spiro atoms. The van der Waals surface area contributed by atoms with Gasteiger partial charge in [0.05, 0.1) is 7.11 Å². The van der Waals surface area contributed by atoms with Crippen LogP contribution in [-0.4, -0.2) is 44.7 Å². The van der Waals surface area contributed by atoms with Crippen molar-refractivity contribution in [2.24, 2.45) is 5.92 Å². The summed E-state index contributed by atoms with van der Waals surface area (Å²) in [7, 11) is 1.73. The highest BCUT2D eigenvalue weighted by Gasteiger charge is 2.18. The smallest absolute Gasteiger partial charge is 0.119 e. The van der Waals surface area contributed by atoms with Gasteiger partial charge in [-0.3, -0.25) is 4.90 Å². The topological polar surface area (TPSA) is 15.7 Å². The summed E-state index contributed by atoms with van der Waals surface area (Å²) in [6, 6.07) is 6.39. The van der Waals surface area contributed by atoms with E-state index in [9.17, 15) is 0 Å². The molecule has 0 aliphatic carbocycles. The lowest BCUT2D eigenvalue weighted by Gasteiger charge is -2.37. The molecule has 3 heteroatoms. The van der Waals surface area contributed by atoms with Gasteiger partial charge in [0, 0.05) is 31.9 Å². The van der Waals surface area contributed by atoms with E-state index in [2.05, 4.69) is 48.8 Å². The Morgan fingerprint density at radius 2 is 1.86 bits per heavy atom. The number of ether oxygens (including phenoxy) is 1. The van der Waals surface area contributed by atoms with Crippen molar-refractivity contribution < 1.29 is 4.74 Å². The summed E-state index contributed by atoms with van der Waals surface area (Å²) in [5.41, 5.74) is 2.67. The fraction of sp³-hybridized carbons (Fsp3) is 0.667. The van der Waals surface area contributed by atoms with Crippen molar-refractivity contribution in [3.63, 3.8) is 0 Å². The lowest BCUT2D eigenvalue weighted by Crippen LogP contribution is -2.46. The van der Waals surface area contributed by atoms with Crippen LogP contribution in [0.5, 0.6) is 5.75 Å². The van der Waals surface area contributed by atoms with E-state index in [1.165, 1.54) is 43.7 Å². The Bertz CT molecular complexity index is 437. The van der Waals surface area contributed by atoms with Gasteiger partial charge in [0.2, 0.25) is 0 Å². The molecule has 1 heterocycles. The Kier molecular flexibility index (Phi) is 5.92. The zero-order chi connectivity index (χ0) is 15.2. The maximum atomic E-state index is 5.29. The van der Waals surface area contributed by atoms with Crippen molar-refractivity contribution in [1.82, 2.24) is 4.90 Å². The maximum absolute atomic E-state index is 5.29. The molecular weight excluding hydrogens is 260 g/mol. The Morgan fingerprint density at radius 3 is 2.43 bits per heavy atom. The molecule has 21 heavy (non-hydrogen) atoms. The van der Waals surface area contributed by atoms with Crippen molar-refractivity contribution in [2.75, 3.05) is 44.7 Å². The summed E-state index contributed by atoms with van der Waals surface area (Å²) < 4.78 is 5.29. The minimum atomic E-state index is 0.827. The van der Waals surface area contributed by atoms with Crippen LogP contribution in [0, 0.1) is 12.8 Å². The van der Waals surface area contributed by atoms with Crippen LogP contribution in [0.2, 0.25) is 0 Å². The number of anilines is 1. The molecule has 0 radical (unpaired) electrons. The largest absolute Gasteiger partial charge is 0.497 e. The molecule has 1 fully saturated rings. The van der Waals surface area contributed by atoms with E-state index in [0.29, 0.717) is 0 Å². The Hall–Kier alpha value is -1.22. The monoisotopic (exact) mass is 290 g/mol. The first-order chi connectivity index (χ1) is 10.1. The Morgan fingerprint density at radius 1 is 1.14 bits per heavy atom. The summed E-state index contributed by atoms with van der Waals surface area (Å²) in [6.45, 7) is 12.7. The fourth-order valence-corrected chi connectivity index (χ4v) is 3.05. The van der Waals surface area contributed by atoms with Gasteiger partial charge in [-0.05, 0) is 56.0 Å². The molecule has 1 aromatic rings. The van der Waals surface area contributed by atoms with Gasteiger partial charge in [0.1, 0.15) is 5.75 Å². The molecule has 1 aromatic carbocycles. The first kappa shape index (κ1) is 16.2. The molecule has 1 aliphatic heterocycles. The predicted octanol–water partition coefficient (Wildman–Crippen LogP) is 3.56. The number of methoxy groups -OCH3 is 1. The maximum Gasteiger partial charge on any atom is 0.119 e. The summed E-state index contributed by atoms with van der Waals surface area (Å²) in [5, 5.41) is 0. The van der Waals surface area contributed by atoms with Gasteiger partial charge in [-0.2, -0.15) is 0 Å². The van der Waals surface area contributed by atoms with Crippen LogP contribution in [0.25, 0.3) is 0 Å². The van der Waals surface area contributed by atoms with E-state index in [1.54, 1.807) is 7.11 Å². The van der Waals surface area contributed by atoms with Crippen molar-refractivity contribution in [2.45, 2.75) is 33.6 Å². The van der Waals surface area contributed by atoms with Crippen molar-refractivity contribution in [3.05, 3.63) is 23.8 Å². The highest BCUT2D eigenvalue weighted by atomic mass is 16.5.